The van der Waals surface area contributed by atoms with Gasteiger partial charge >= 0.3 is 0 Å². The Morgan fingerprint density at radius 2 is 2.44 bits per heavy atom. The summed E-state index contributed by atoms with van der Waals surface area (Å²) in [6.45, 7) is 6.53. The van der Waals surface area contributed by atoms with Gasteiger partial charge in [0.2, 0.25) is 0 Å². The molecule has 0 aromatic carbocycles. The van der Waals surface area contributed by atoms with Crippen LogP contribution in [0.2, 0.25) is 0 Å². The molecule has 3 heterocycles. The Kier molecular flexibility index (Phi) is 4.52. The summed E-state index contributed by atoms with van der Waals surface area (Å²) < 4.78 is 6.60. The second-order valence-electron chi connectivity index (χ2n) is 6.41. The first kappa shape index (κ1) is 16.6. The largest absolute Gasteiger partial charge is 0.364 e. The second-order valence-corrected chi connectivity index (χ2v) is 8.44. The molecule has 0 amide bonds. The quantitative estimate of drug-likeness (QED) is 0.384. The van der Waals surface area contributed by atoms with Crippen molar-refractivity contribution in [2.24, 2.45) is 5.92 Å². The van der Waals surface area contributed by atoms with Crippen LogP contribution < -0.4 is 5.56 Å². The van der Waals surface area contributed by atoms with Gasteiger partial charge in [0.25, 0.3) is 5.56 Å². The van der Waals surface area contributed by atoms with Crippen LogP contribution in [0.1, 0.15) is 29.5 Å². The Morgan fingerprint density at radius 1 is 1.56 bits per heavy atom. The molecule has 3 aromatic heterocycles. The van der Waals surface area contributed by atoms with Gasteiger partial charge in [0.05, 0.1) is 11.1 Å². The van der Waals surface area contributed by atoms with Crippen LogP contribution in [-0.2, 0) is 25.1 Å². The summed E-state index contributed by atoms with van der Waals surface area (Å²) in [4.78, 5) is 20.2. The van der Waals surface area contributed by atoms with Crippen molar-refractivity contribution in [2.75, 3.05) is 0 Å². The molecule has 0 saturated carbocycles. The number of fused-ring (bicyclic) bond motifs is 3. The zero-order chi connectivity index (χ0) is 17.4. The van der Waals surface area contributed by atoms with Gasteiger partial charge in [-0.3, -0.25) is 9.36 Å². The number of thioether (sulfide) groups is 1. The van der Waals surface area contributed by atoms with Crippen LogP contribution in [0, 0.1) is 5.92 Å². The highest BCUT2D eigenvalue weighted by atomic mass is 32.2. The zero-order valence-electron chi connectivity index (χ0n) is 14.0. The molecule has 7 heteroatoms. The molecule has 0 bridgehead atoms. The molecule has 0 saturated heterocycles. The maximum Gasteiger partial charge on any atom is 0.263 e. The number of thiophene rings is 1. The summed E-state index contributed by atoms with van der Waals surface area (Å²) in [6, 6.07) is 1.83. The minimum atomic E-state index is 0.0552. The van der Waals surface area contributed by atoms with E-state index in [1.165, 1.54) is 22.2 Å². The van der Waals surface area contributed by atoms with Crippen molar-refractivity contribution in [3.05, 3.63) is 51.5 Å². The Labute approximate surface area is 153 Å². The number of rotatable bonds is 5. The molecule has 0 N–H and O–H groups in total. The first-order valence-electron chi connectivity index (χ1n) is 8.35. The molecule has 5 nitrogen and oxygen atoms in total. The van der Waals surface area contributed by atoms with Crippen molar-refractivity contribution < 1.29 is 4.52 Å². The number of nitrogens with zero attached hydrogens (tertiary/aromatic N) is 3. The smallest absolute Gasteiger partial charge is 0.263 e. The third-order valence-electron chi connectivity index (χ3n) is 4.53. The zero-order valence-corrected chi connectivity index (χ0v) is 15.7. The Hall–Kier alpha value is -1.86. The van der Waals surface area contributed by atoms with Crippen LogP contribution in [-0.4, -0.2) is 14.7 Å². The van der Waals surface area contributed by atoms with Crippen molar-refractivity contribution in [3.8, 4) is 0 Å². The predicted octanol–water partition coefficient (Wildman–Crippen LogP) is 4.05. The summed E-state index contributed by atoms with van der Waals surface area (Å²) in [6.07, 6.45) is 6.47. The average molecular weight is 374 g/mol. The van der Waals surface area contributed by atoms with Crippen LogP contribution in [0.4, 0.5) is 0 Å². The number of aryl methyl sites for hydroxylation is 1. The van der Waals surface area contributed by atoms with Crippen LogP contribution in [0.3, 0.4) is 0 Å². The summed E-state index contributed by atoms with van der Waals surface area (Å²) in [5, 5.41) is 5.46. The van der Waals surface area contributed by atoms with Crippen molar-refractivity contribution in [3.63, 3.8) is 0 Å². The first-order valence-corrected chi connectivity index (χ1v) is 10.2. The van der Waals surface area contributed by atoms with E-state index in [1.54, 1.807) is 28.2 Å². The standard InChI is InChI=1S/C18H19N3O2S2/c1-3-7-21-17(22)15-13-5-4-11(2)9-14(13)25-16(15)19-18(21)24-10-12-6-8-23-20-12/h3,6,8,11H,1,4-5,7,9-10H2,2H3. The molecule has 1 unspecified atom stereocenters. The van der Waals surface area contributed by atoms with E-state index in [2.05, 4.69) is 18.7 Å². The maximum absolute atomic E-state index is 13.1. The lowest BCUT2D eigenvalue weighted by atomic mass is 9.89. The van der Waals surface area contributed by atoms with Crippen molar-refractivity contribution in [2.45, 2.75) is 43.6 Å². The van der Waals surface area contributed by atoms with E-state index in [1.807, 2.05) is 6.07 Å². The van der Waals surface area contributed by atoms with E-state index in [-0.39, 0.29) is 5.56 Å². The molecule has 25 heavy (non-hydrogen) atoms. The fourth-order valence-corrected chi connectivity index (χ4v) is 5.58. The van der Waals surface area contributed by atoms with Crippen molar-refractivity contribution in [1.82, 2.24) is 14.7 Å². The molecule has 1 atom stereocenters. The molecule has 0 aliphatic heterocycles. The van der Waals surface area contributed by atoms with Gasteiger partial charge in [-0.05, 0) is 30.7 Å². The van der Waals surface area contributed by atoms with Crippen molar-refractivity contribution in [1.29, 1.82) is 0 Å². The van der Waals surface area contributed by atoms with Gasteiger partial charge in [-0.2, -0.15) is 0 Å². The van der Waals surface area contributed by atoms with E-state index in [0.29, 0.717) is 23.4 Å². The molecule has 1 aliphatic carbocycles. The third kappa shape index (κ3) is 3.06. The summed E-state index contributed by atoms with van der Waals surface area (Å²) in [5.41, 5.74) is 2.12. The van der Waals surface area contributed by atoms with Gasteiger partial charge in [-0.25, -0.2) is 4.98 Å². The van der Waals surface area contributed by atoms with Gasteiger partial charge in [-0.15, -0.1) is 17.9 Å². The molecule has 0 radical (unpaired) electrons. The number of aromatic nitrogens is 3. The van der Waals surface area contributed by atoms with Crippen LogP contribution in [0.15, 0.2) is 39.5 Å². The maximum atomic E-state index is 13.1. The molecule has 0 spiro atoms. The predicted molar refractivity (Wildman–Crippen MR) is 101 cm³/mol. The molecular weight excluding hydrogens is 354 g/mol. The van der Waals surface area contributed by atoms with Gasteiger partial charge in [0.1, 0.15) is 11.1 Å². The molecule has 130 valence electrons. The second kappa shape index (κ2) is 6.80. The van der Waals surface area contributed by atoms with Crippen LogP contribution >= 0.6 is 23.1 Å². The Balaban J connectivity index is 1.80. The average Bonchev–Trinajstić information content (AvgIpc) is 3.22. The Bertz CT molecular complexity index is 973. The fraction of sp³-hybridized carbons (Fsp3) is 0.389. The monoisotopic (exact) mass is 373 g/mol. The van der Waals surface area contributed by atoms with E-state index in [4.69, 9.17) is 9.51 Å². The topological polar surface area (TPSA) is 60.9 Å². The number of hydrogen-bond donors (Lipinski definition) is 0. The van der Waals surface area contributed by atoms with E-state index >= 15 is 0 Å². The van der Waals surface area contributed by atoms with Gasteiger partial charge in [0.15, 0.2) is 5.16 Å². The first-order chi connectivity index (χ1) is 12.2. The normalized spacial score (nSPS) is 16.9. The lowest BCUT2D eigenvalue weighted by Gasteiger charge is -2.17. The van der Waals surface area contributed by atoms with E-state index in [0.717, 1.165) is 35.2 Å². The third-order valence-corrected chi connectivity index (χ3v) is 6.69. The molecule has 0 fully saturated rings. The molecular formula is C18H19N3O2S2. The number of allylic oxidation sites excluding steroid dienone is 1. The van der Waals surface area contributed by atoms with Crippen molar-refractivity contribution >= 4 is 33.3 Å². The van der Waals surface area contributed by atoms with Crippen LogP contribution in [0.25, 0.3) is 10.2 Å². The summed E-state index contributed by atoms with van der Waals surface area (Å²) in [5.74, 6) is 1.30. The highest BCUT2D eigenvalue weighted by molar-refractivity contribution is 7.98. The van der Waals surface area contributed by atoms with Gasteiger partial charge in [0, 0.05) is 23.2 Å². The molecule has 1 aliphatic rings. The highest BCUT2D eigenvalue weighted by Crippen LogP contribution is 2.36. The molecule has 3 aromatic rings. The Morgan fingerprint density at radius 3 is 3.20 bits per heavy atom. The number of hydrogen-bond acceptors (Lipinski definition) is 6. The minimum absolute atomic E-state index is 0.0552. The van der Waals surface area contributed by atoms with E-state index < -0.39 is 0 Å². The summed E-state index contributed by atoms with van der Waals surface area (Å²) in [7, 11) is 0. The van der Waals surface area contributed by atoms with E-state index in [9.17, 15) is 4.79 Å². The van der Waals surface area contributed by atoms with Crippen LogP contribution in [0.5, 0.6) is 0 Å². The summed E-state index contributed by atoms with van der Waals surface area (Å²) >= 11 is 3.19. The molecule has 4 rings (SSSR count). The minimum Gasteiger partial charge on any atom is -0.364 e. The SMILES string of the molecule is C=CCn1c(SCc2ccon2)nc2sc3c(c2c1=O)CCC(C)C3. The fourth-order valence-electron chi connectivity index (χ4n) is 3.26. The lowest BCUT2D eigenvalue weighted by Crippen LogP contribution is -2.23. The van der Waals surface area contributed by atoms with Gasteiger partial charge in [-0.1, -0.05) is 29.9 Å². The van der Waals surface area contributed by atoms with Gasteiger partial charge < -0.3 is 4.52 Å². The highest BCUT2D eigenvalue weighted by Gasteiger charge is 2.24. The lowest BCUT2D eigenvalue weighted by molar-refractivity contribution is 0.414.